The van der Waals surface area contributed by atoms with Crippen LogP contribution in [0, 0.1) is 34.6 Å². The molecule has 114 valence electrons. The summed E-state index contributed by atoms with van der Waals surface area (Å²) < 4.78 is 0. The van der Waals surface area contributed by atoms with Crippen molar-refractivity contribution < 1.29 is 0 Å². The standard InChI is InChI=1S/C19H28N2/c1-11-12(2)14(4)19-17(13(11)3)18(15(5)20-19)16-7-9-21(6)10-8-16/h16,20H,7-10H2,1-6H3. The van der Waals surface area contributed by atoms with E-state index in [1.54, 1.807) is 5.56 Å². The van der Waals surface area contributed by atoms with Gasteiger partial charge in [0.15, 0.2) is 0 Å². The molecule has 0 aliphatic carbocycles. The third-order valence-corrected chi connectivity index (χ3v) is 5.80. The van der Waals surface area contributed by atoms with E-state index in [4.69, 9.17) is 0 Å². The van der Waals surface area contributed by atoms with Crippen LogP contribution < -0.4 is 0 Å². The van der Waals surface area contributed by atoms with Crippen LogP contribution in [0.4, 0.5) is 0 Å². The van der Waals surface area contributed by atoms with Crippen molar-refractivity contribution >= 4 is 10.9 Å². The Bertz CT molecular complexity index is 686. The number of aromatic nitrogens is 1. The van der Waals surface area contributed by atoms with Crippen LogP contribution in [0.25, 0.3) is 10.9 Å². The maximum atomic E-state index is 3.70. The second kappa shape index (κ2) is 5.17. The van der Waals surface area contributed by atoms with Crippen molar-refractivity contribution in [1.29, 1.82) is 0 Å². The minimum Gasteiger partial charge on any atom is -0.358 e. The number of hydrogen-bond donors (Lipinski definition) is 1. The Hall–Kier alpha value is -1.28. The van der Waals surface area contributed by atoms with Gasteiger partial charge < -0.3 is 9.88 Å². The van der Waals surface area contributed by atoms with Gasteiger partial charge in [0.25, 0.3) is 0 Å². The summed E-state index contributed by atoms with van der Waals surface area (Å²) in [7, 11) is 2.24. The zero-order valence-corrected chi connectivity index (χ0v) is 14.4. The number of hydrogen-bond acceptors (Lipinski definition) is 1. The van der Waals surface area contributed by atoms with Gasteiger partial charge in [-0.1, -0.05) is 0 Å². The molecule has 2 heterocycles. The number of benzene rings is 1. The fraction of sp³-hybridized carbons (Fsp3) is 0.579. The van der Waals surface area contributed by atoms with Crippen LogP contribution in [0.5, 0.6) is 0 Å². The zero-order valence-electron chi connectivity index (χ0n) is 14.4. The van der Waals surface area contributed by atoms with Gasteiger partial charge in [0, 0.05) is 16.6 Å². The lowest BCUT2D eigenvalue weighted by molar-refractivity contribution is 0.255. The Morgan fingerprint density at radius 1 is 0.857 bits per heavy atom. The van der Waals surface area contributed by atoms with Gasteiger partial charge in [0.2, 0.25) is 0 Å². The first-order valence-electron chi connectivity index (χ1n) is 8.18. The van der Waals surface area contributed by atoms with Crippen molar-refractivity contribution in [3.8, 4) is 0 Å². The molecule has 1 saturated heterocycles. The third kappa shape index (κ3) is 2.20. The second-order valence-electron chi connectivity index (χ2n) is 6.99. The fourth-order valence-corrected chi connectivity index (χ4v) is 4.06. The summed E-state index contributed by atoms with van der Waals surface area (Å²) in [5, 5.41) is 1.52. The molecule has 0 amide bonds. The molecule has 0 spiro atoms. The summed E-state index contributed by atoms with van der Waals surface area (Å²) in [6.07, 6.45) is 2.57. The highest BCUT2D eigenvalue weighted by Gasteiger charge is 2.25. The van der Waals surface area contributed by atoms with Gasteiger partial charge >= 0.3 is 0 Å². The summed E-state index contributed by atoms with van der Waals surface area (Å²) in [5.41, 5.74) is 10.2. The van der Waals surface area contributed by atoms with Gasteiger partial charge in [0.1, 0.15) is 0 Å². The van der Waals surface area contributed by atoms with Crippen molar-refractivity contribution in [2.45, 2.75) is 53.4 Å². The number of H-pyrrole nitrogens is 1. The average molecular weight is 284 g/mol. The lowest BCUT2D eigenvalue weighted by Crippen LogP contribution is -2.29. The van der Waals surface area contributed by atoms with E-state index in [9.17, 15) is 0 Å². The van der Waals surface area contributed by atoms with Crippen molar-refractivity contribution in [2.24, 2.45) is 0 Å². The number of aromatic amines is 1. The zero-order chi connectivity index (χ0) is 15.3. The number of rotatable bonds is 1. The maximum Gasteiger partial charge on any atom is 0.0494 e. The normalized spacial score (nSPS) is 17.8. The van der Waals surface area contributed by atoms with E-state index in [2.05, 4.69) is 51.6 Å². The summed E-state index contributed by atoms with van der Waals surface area (Å²) in [5.74, 6) is 0.718. The highest BCUT2D eigenvalue weighted by atomic mass is 15.1. The van der Waals surface area contributed by atoms with Crippen LogP contribution in [0.1, 0.15) is 52.3 Å². The lowest BCUT2D eigenvalue weighted by atomic mass is 9.84. The van der Waals surface area contributed by atoms with E-state index in [0.717, 1.165) is 5.92 Å². The number of aryl methyl sites for hydroxylation is 3. The summed E-state index contributed by atoms with van der Waals surface area (Å²) in [6.45, 7) is 13.8. The molecule has 2 aromatic rings. The Balaban J connectivity index is 2.21. The Kier molecular flexibility index (Phi) is 3.61. The molecular formula is C19H28N2. The Labute approximate surface area is 128 Å². The quantitative estimate of drug-likeness (QED) is 0.816. The number of likely N-dealkylation sites (tertiary alicyclic amines) is 1. The van der Waals surface area contributed by atoms with Crippen LogP contribution in [0.3, 0.4) is 0 Å². The molecule has 1 N–H and O–H groups in total. The molecule has 1 fully saturated rings. The smallest absolute Gasteiger partial charge is 0.0494 e. The van der Waals surface area contributed by atoms with Crippen molar-refractivity contribution in [3.63, 3.8) is 0 Å². The first-order valence-corrected chi connectivity index (χ1v) is 8.18. The summed E-state index contributed by atoms with van der Waals surface area (Å²) >= 11 is 0. The largest absolute Gasteiger partial charge is 0.358 e. The monoisotopic (exact) mass is 284 g/mol. The van der Waals surface area contributed by atoms with Crippen LogP contribution in [-0.2, 0) is 0 Å². The molecule has 1 aromatic carbocycles. The highest BCUT2D eigenvalue weighted by Crippen LogP contribution is 2.39. The topological polar surface area (TPSA) is 19.0 Å². The molecule has 0 atom stereocenters. The Morgan fingerprint density at radius 3 is 2.05 bits per heavy atom. The summed E-state index contributed by atoms with van der Waals surface area (Å²) in [4.78, 5) is 6.15. The van der Waals surface area contributed by atoms with E-state index < -0.39 is 0 Å². The number of nitrogens with zero attached hydrogens (tertiary/aromatic N) is 1. The fourth-order valence-electron chi connectivity index (χ4n) is 4.06. The maximum absolute atomic E-state index is 3.70. The van der Waals surface area contributed by atoms with Gasteiger partial charge in [-0.2, -0.15) is 0 Å². The van der Waals surface area contributed by atoms with Crippen LogP contribution in [0.15, 0.2) is 0 Å². The van der Waals surface area contributed by atoms with E-state index in [0.29, 0.717) is 0 Å². The third-order valence-electron chi connectivity index (χ3n) is 5.80. The molecule has 0 saturated carbocycles. The first-order chi connectivity index (χ1) is 9.91. The molecule has 3 rings (SSSR count). The molecular weight excluding hydrogens is 256 g/mol. The molecule has 1 aromatic heterocycles. The van der Waals surface area contributed by atoms with Gasteiger partial charge in [-0.3, -0.25) is 0 Å². The van der Waals surface area contributed by atoms with Crippen LogP contribution in [-0.4, -0.2) is 30.0 Å². The molecule has 0 radical (unpaired) electrons. The molecule has 2 nitrogen and oxygen atoms in total. The minimum atomic E-state index is 0.718. The number of piperidine rings is 1. The minimum absolute atomic E-state index is 0.718. The van der Waals surface area contributed by atoms with Gasteiger partial charge in [-0.05, 0) is 101 Å². The lowest BCUT2D eigenvalue weighted by Gasteiger charge is -2.29. The number of fused-ring (bicyclic) bond motifs is 1. The SMILES string of the molecule is Cc1[nH]c2c(C)c(C)c(C)c(C)c2c1C1CCN(C)CC1. The molecule has 1 aliphatic rings. The van der Waals surface area contributed by atoms with Crippen molar-refractivity contribution in [2.75, 3.05) is 20.1 Å². The molecule has 0 unspecified atom stereocenters. The molecule has 0 bridgehead atoms. The molecule has 1 aliphatic heterocycles. The number of nitrogens with one attached hydrogen (secondary N) is 1. The first kappa shape index (κ1) is 14.6. The second-order valence-corrected chi connectivity index (χ2v) is 6.99. The van der Waals surface area contributed by atoms with Crippen LogP contribution >= 0.6 is 0 Å². The van der Waals surface area contributed by atoms with Gasteiger partial charge in [0.05, 0.1) is 0 Å². The van der Waals surface area contributed by atoms with E-state index >= 15 is 0 Å². The van der Waals surface area contributed by atoms with Gasteiger partial charge in [-0.15, -0.1) is 0 Å². The average Bonchev–Trinajstić information content (AvgIpc) is 2.81. The molecule has 21 heavy (non-hydrogen) atoms. The van der Waals surface area contributed by atoms with Crippen molar-refractivity contribution in [3.05, 3.63) is 33.5 Å². The molecule has 2 heteroatoms. The predicted octanol–water partition coefficient (Wildman–Crippen LogP) is 4.52. The van der Waals surface area contributed by atoms with E-state index in [1.807, 2.05) is 0 Å². The van der Waals surface area contributed by atoms with E-state index in [1.165, 1.54) is 64.8 Å². The van der Waals surface area contributed by atoms with Gasteiger partial charge in [-0.25, -0.2) is 0 Å². The Morgan fingerprint density at radius 2 is 1.43 bits per heavy atom. The van der Waals surface area contributed by atoms with Crippen molar-refractivity contribution in [1.82, 2.24) is 9.88 Å². The highest BCUT2D eigenvalue weighted by molar-refractivity contribution is 5.92. The van der Waals surface area contributed by atoms with E-state index in [-0.39, 0.29) is 0 Å². The van der Waals surface area contributed by atoms with Crippen LogP contribution in [0.2, 0.25) is 0 Å². The predicted molar refractivity (Wildman–Crippen MR) is 91.5 cm³/mol. The summed E-state index contributed by atoms with van der Waals surface area (Å²) in [6, 6.07) is 0.